The van der Waals surface area contributed by atoms with E-state index in [1.807, 2.05) is 45.2 Å². The number of aromatic nitrogens is 2. The molecule has 3 N–H and O–H groups in total. The van der Waals surface area contributed by atoms with Gasteiger partial charge in [0.05, 0.1) is 11.8 Å². The first-order valence-corrected chi connectivity index (χ1v) is 8.78. The van der Waals surface area contributed by atoms with Crippen LogP contribution in [0.2, 0.25) is 0 Å². The highest BCUT2D eigenvalue weighted by molar-refractivity contribution is 7.10. The maximum absolute atomic E-state index is 12.3. The predicted molar refractivity (Wildman–Crippen MR) is 92.4 cm³/mol. The van der Waals surface area contributed by atoms with Gasteiger partial charge in [-0.2, -0.15) is 5.10 Å². The molecule has 2 aromatic heterocycles. The van der Waals surface area contributed by atoms with E-state index in [0.29, 0.717) is 12.8 Å². The Bertz CT molecular complexity index is 617. The highest BCUT2D eigenvalue weighted by Gasteiger charge is 2.20. The molecule has 2 heterocycles. The molecule has 0 spiro atoms. The standard InChI is InChI=1S/C17H25N3O2S/c1-10(8-14-12(3)19-20-13(14)4)17(22)18-11(2)9-15(21)16-6-5-7-23-16/h5-7,10-11,15,21H,8-9H2,1-4H3,(H,18,22)(H,19,20). The molecule has 0 aliphatic heterocycles. The molecule has 0 fully saturated rings. The minimum atomic E-state index is -0.529. The molecule has 0 bridgehead atoms. The number of carbonyl (C=O) groups is 1. The lowest BCUT2D eigenvalue weighted by Crippen LogP contribution is -2.37. The van der Waals surface area contributed by atoms with E-state index in [2.05, 4.69) is 15.5 Å². The molecule has 126 valence electrons. The van der Waals surface area contributed by atoms with Crippen molar-refractivity contribution >= 4 is 17.2 Å². The van der Waals surface area contributed by atoms with Gasteiger partial charge in [0.15, 0.2) is 0 Å². The van der Waals surface area contributed by atoms with Crippen LogP contribution in [0.1, 0.15) is 48.2 Å². The Morgan fingerprint density at radius 1 is 1.43 bits per heavy atom. The Kier molecular flexibility index (Phi) is 5.96. The number of hydrogen-bond donors (Lipinski definition) is 3. The van der Waals surface area contributed by atoms with Crippen LogP contribution in [0.5, 0.6) is 0 Å². The number of rotatable bonds is 7. The lowest BCUT2D eigenvalue weighted by molar-refractivity contribution is -0.125. The Balaban J connectivity index is 1.85. The highest BCUT2D eigenvalue weighted by Crippen LogP contribution is 2.23. The maximum atomic E-state index is 12.3. The number of thiophene rings is 1. The molecule has 5 nitrogen and oxygen atoms in total. The molecule has 0 saturated heterocycles. The Labute approximate surface area is 141 Å². The van der Waals surface area contributed by atoms with Gasteiger partial charge < -0.3 is 10.4 Å². The molecule has 0 aliphatic carbocycles. The molecular formula is C17H25N3O2S. The van der Waals surface area contributed by atoms with Gasteiger partial charge in [-0.3, -0.25) is 9.89 Å². The van der Waals surface area contributed by atoms with Crippen molar-refractivity contribution in [2.45, 2.75) is 52.7 Å². The second kappa shape index (κ2) is 7.75. The van der Waals surface area contributed by atoms with E-state index in [-0.39, 0.29) is 17.9 Å². The van der Waals surface area contributed by atoms with Crippen molar-refractivity contribution in [3.63, 3.8) is 0 Å². The van der Waals surface area contributed by atoms with Crippen LogP contribution in [0.25, 0.3) is 0 Å². The third kappa shape index (κ3) is 4.65. The monoisotopic (exact) mass is 335 g/mol. The summed E-state index contributed by atoms with van der Waals surface area (Å²) in [6.45, 7) is 7.77. The normalized spacial score (nSPS) is 15.2. The van der Waals surface area contributed by atoms with Crippen LogP contribution in [0.3, 0.4) is 0 Å². The first kappa shape index (κ1) is 17.7. The molecule has 3 atom stereocenters. The van der Waals surface area contributed by atoms with Gasteiger partial charge in [-0.15, -0.1) is 11.3 Å². The number of nitrogens with zero attached hydrogens (tertiary/aromatic N) is 1. The van der Waals surface area contributed by atoms with Crippen molar-refractivity contribution in [1.82, 2.24) is 15.5 Å². The number of aromatic amines is 1. The highest BCUT2D eigenvalue weighted by atomic mass is 32.1. The summed E-state index contributed by atoms with van der Waals surface area (Å²) in [6.07, 6.45) is 0.655. The minimum absolute atomic E-state index is 0.0101. The van der Waals surface area contributed by atoms with Gasteiger partial charge in [-0.25, -0.2) is 0 Å². The lowest BCUT2D eigenvalue weighted by Gasteiger charge is -2.20. The van der Waals surface area contributed by atoms with Gasteiger partial charge in [-0.05, 0) is 50.6 Å². The average molecular weight is 335 g/mol. The fourth-order valence-corrected chi connectivity index (χ4v) is 3.37. The van der Waals surface area contributed by atoms with Gasteiger partial charge in [-0.1, -0.05) is 13.0 Å². The summed E-state index contributed by atoms with van der Waals surface area (Å²) in [5.41, 5.74) is 3.07. The third-order valence-electron chi connectivity index (χ3n) is 4.08. The number of H-pyrrole nitrogens is 1. The van der Waals surface area contributed by atoms with Crippen molar-refractivity contribution in [3.05, 3.63) is 39.3 Å². The van der Waals surface area contributed by atoms with E-state index >= 15 is 0 Å². The molecule has 0 radical (unpaired) electrons. The van der Waals surface area contributed by atoms with Crippen molar-refractivity contribution < 1.29 is 9.90 Å². The molecule has 1 amide bonds. The summed E-state index contributed by atoms with van der Waals surface area (Å²) in [4.78, 5) is 13.3. The fourth-order valence-electron chi connectivity index (χ4n) is 2.65. The van der Waals surface area contributed by atoms with Crippen LogP contribution in [-0.4, -0.2) is 27.3 Å². The van der Waals surface area contributed by atoms with Crippen LogP contribution >= 0.6 is 11.3 Å². The molecule has 6 heteroatoms. The number of amides is 1. The summed E-state index contributed by atoms with van der Waals surface area (Å²) in [5.74, 6) is -0.123. The molecule has 23 heavy (non-hydrogen) atoms. The zero-order chi connectivity index (χ0) is 17.0. The van der Waals surface area contributed by atoms with Gasteiger partial charge in [0.25, 0.3) is 0 Å². The molecule has 2 rings (SSSR count). The second-order valence-corrected chi connectivity index (χ2v) is 7.17. The maximum Gasteiger partial charge on any atom is 0.223 e. The largest absolute Gasteiger partial charge is 0.387 e. The summed E-state index contributed by atoms with van der Waals surface area (Å²) in [7, 11) is 0. The molecule has 0 aliphatic rings. The summed E-state index contributed by atoms with van der Waals surface area (Å²) >= 11 is 1.53. The van der Waals surface area contributed by atoms with Gasteiger partial charge in [0, 0.05) is 22.5 Å². The molecule has 2 aromatic rings. The van der Waals surface area contributed by atoms with E-state index in [4.69, 9.17) is 0 Å². The van der Waals surface area contributed by atoms with E-state index < -0.39 is 6.10 Å². The number of aryl methyl sites for hydroxylation is 2. The molecule has 0 saturated carbocycles. The van der Waals surface area contributed by atoms with Crippen LogP contribution in [-0.2, 0) is 11.2 Å². The minimum Gasteiger partial charge on any atom is -0.387 e. The third-order valence-corrected chi connectivity index (χ3v) is 5.05. The molecule has 3 unspecified atom stereocenters. The Hall–Kier alpha value is -1.66. The quantitative estimate of drug-likeness (QED) is 0.728. The van der Waals surface area contributed by atoms with Crippen molar-refractivity contribution in [2.75, 3.05) is 0 Å². The number of carbonyl (C=O) groups excluding carboxylic acids is 1. The Morgan fingerprint density at radius 3 is 2.74 bits per heavy atom. The van der Waals surface area contributed by atoms with Crippen LogP contribution in [0.15, 0.2) is 17.5 Å². The van der Waals surface area contributed by atoms with E-state index in [0.717, 1.165) is 21.8 Å². The Morgan fingerprint density at radius 2 is 2.17 bits per heavy atom. The second-order valence-electron chi connectivity index (χ2n) is 6.19. The number of nitrogens with one attached hydrogen (secondary N) is 2. The zero-order valence-corrected chi connectivity index (χ0v) is 14.9. The van der Waals surface area contributed by atoms with Crippen LogP contribution < -0.4 is 5.32 Å². The molecule has 0 aromatic carbocycles. The summed E-state index contributed by atoms with van der Waals surface area (Å²) < 4.78 is 0. The first-order chi connectivity index (χ1) is 10.9. The predicted octanol–water partition coefficient (Wildman–Crippen LogP) is 2.90. The number of hydrogen-bond acceptors (Lipinski definition) is 4. The number of aliphatic hydroxyl groups is 1. The number of aliphatic hydroxyl groups excluding tert-OH is 1. The zero-order valence-electron chi connectivity index (χ0n) is 14.1. The van der Waals surface area contributed by atoms with Gasteiger partial charge >= 0.3 is 0 Å². The van der Waals surface area contributed by atoms with Crippen molar-refractivity contribution in [1.29, 1.82) is 0 Å². The molecular weight excluding hydrogens is 310 g/mol. The smallest absolute Gasteiger partial charge is 0.223 e. The SMILES string of the molecule is Cc1n[nH]c(C)c1CC(C)C(=O)NC(C)CC(O)c1cccs1. The average Bonchev–Trinajstić information content (AvgIpc) is 3.12. The topological polar surface area (TPSA) is 78.0 Å². The van der Waals surface area contributed by atoms with Crippen LogP contribution in [0.4, 0.5) is 0 Å². The summed E-state index contributed by atoms with van der Waals surface area (Å²) in [5, 5.41) is 22.2. The lowest BCUT2D eigenvalue weighted by atomic mass is 9.98. The van der Waals surface area contributed by atoms with Crippen LogP contribution in [0, 0.1) is 19.8 Å². The van der Waals surface area contributed by atoms with Gasteiger partial charge in [0.2, 0.25) is 5.91 Å². The van der Waals surface area contributed by atoms with Crippen molar-refractivity contribution in [2.24, 2.45) is 5.92 Å². The summed E-state index contributed by atoms with van der Waals surface area (Å²) in [6, 6.07) is 3.76. The van der Waals surface area contributed by atoms with Gasteiger partial charge in [0.1, 0.15) is 0 Å². The first-order valence-electron chi connectivity index (χ1n) is 7.90. The fraction of sp³-hybridized carbons (Fsp3) is 0.529. The van der Waals surface area contributed by atoms with E-state index in [1.54, 1.807) is 0 Å². The van der Waals surface area contributed by atoms with E-state index in [1.165, 1.54) is 11.3 Å². The van der Waals surface area contributed by atoms with E-state index in [9.17, 15) is 9.90 Å². The van der Waals surface area contributed by atoms with Crippen molar-refractivity contribution in [3.8, 4) is 0 Å².